The van der Waals surface area contributed by atoms with E-state index >= 15 is 0 Å². The van der Waals surface area contributed by atoms with Crippen molar-refractivity contribution in [3.05, 3.63) is 66.0 Å². The van der Waals surface area contributed by atoms with Gasteiger partial charge < -0.3 is 14.5 Å². The third-order valence-electron chi connectivity index (χ3n) is 4.57. The molecule has 2 amide bonds. The Kier molecular flexibility index (Phi) is 6.06. The predicted molar refractivity (Wildman–Crippen MR) is 99.5 cm³/mol. The Hall–Kier alpha value is -2.89. The van der Waals surface area contributed by atoms with Crippen LogP contribution in [0.25, 0.3) is 0 Å². The number of benzene rings is 2. The Morgan fingerprint density at radius 3 is 2.63 bits per heavy atom. The first-order valence-electron chi connectivity index (χ1n) is 9.05. The minimum absolute atomic E-state index is 0.0359. The first kappa shape index (κ1) is 18.9. The summed E-state index contributed by atoms with van der Waals surface area (Å²) in [6.45, 7) is 3.27. The van der Waals surface area contributed by atoms with Crippen molar-refractivity contribution in [1.29, 1.82) is 0 Å². The number of nitrogens with zero attached hydrogens (tertiary/aromatic N) is 2. The third-order valence-corrected chi connectivity index (χ3v) is 4.57. The van der Waals surface area contributed by atoms with Gasteiger partial charge in [-0.15, -0.1) is 0 Å². The maximum Gasteiger partial charge on any atom is 0.263 e. The fraction of sp³-hybridized carbons (Fsp3) is 0.333. The number of hydrogen-bond acceptors (Lipinski definition) is 3. The molecule has 1 heterocycles. The lowest BCUT2D eigenvalue weighted by atomic mass is 10.2. The summed E-state index contributed by atoms with van der Waals surface area (Å²) in [5, 5.41) is 0. The van der Waals surface area contributed by atoms with Gasteiger partial charge in [-0.1, -0.05) is 30.3 Å². The highest BCUT2D eigenvalue weighted by molar-refractivity contribution is 5.83. The van der Waals surface area contributed by atoms with Gasteiger partial charge in [-0.2, -0.15) is 0 Å². The molecule has 0 spiro atoms. The SMILES string of the molecule is CC(Oc1ccccc1)C(=O)N1CCC(=O)N(Cc2cccc(F)c2)CC1. The van der Waals surface area contributed by atoms with E-state index in [1.165, 1.54) is 12.1 Å². The van der Waals surface area contributed by atoms with Crippen molar-refractivity contribution in [1.82, 2.24) is 9.80 Å². The molecule has 6 heteroatoms. The van der Waals surface area contributed by atoms with E-state index in [1.54, 1.807) is 41.0 Å². The lowest BCUT2D eigenvalue weighted by molar-refractivity contribution is -0.137. The first-order valence-corrected chi connectivity index (χ1v) is 9.05. The van der Waals surface area contributed by atoms with E-state index in [-0.39, 0.29) is 24.1 Å². The molecule has 0 aliphatic carbocycles. The van der Waals surface area contributed by atoms with Crippen molar-refractivity contribution in [2.75, 3.05) is 19.6 Å². The molecule has 27 heavy (non-hydrogen) atoms. The van der Waals surface area contributed by atoms with Gasteiger partial charge in [0.1, 0.15) is 11.6 Å². The number of carbonyl (C=O) groups is 2. The minimum Gasteiger partial charge on any atom is -0.481 e. The molecule has 0 saturated carbocycles. The van der Waals surface area contributed by atoms with Gasteiger partial charge in [-0.3, -0.25) is 9.59 Å². The maximum absolute atomic E-state index is 13.4. The third kappa shape index (κ3) is 5.06. The van der Waals surface area contributed by atoms with Crippen LogP contribution in [0.1, 0.15) is 18.9 Å². The molecular formula is C21H23FN2O3. The van der Waals surface area contributed by atoms with E-state index in [4.69, 9.17) is 4.74 Å². The van der Waals surface area contributed by atoms with Gasteiger partial charge in [-0.05, 0) is 36.8 Å². The van der Waals surface area contributed by atoms with Crippen LogP contribution in [0, 0.1) is 5.82 Å². The molecule has 1 aliphatic rings. The Labute approximate surface area is 158 Å². The molecule has 142 valence electrons. The molecule has 1 aliphatic heterocycles. The van der Waals surface area contributed by atoms with Gasteiger partial charge in [-0.25, -0.2) is 4.39 Å². The number of amides is 2. The highest BCUT2D eigenvalue weighted by atomic mass is 19.1. The fourth-order valence-electron chi connectivity index (χ4n) is 3.12. The van der Waals surface area contributed by atoms with E-state index in [1.807, 2.05) is 18.2 Å². The molecule has 1 unspecified atom stereocenters. The number of ether oxygens (including phenoxy) is 1. The monoisotopic (exact) mass is 370 g/mol. The van der Waals surface area contributed by atoms with Crippen molar-refractivity contribution in [3.8, 4) is 5.75 Å². The van der Waals surface area contributed by atoms with Gasteiger partial charge >= 0.3 is 0 Å². The standard InChI is InChI=1S/C21H23FN2O3/c1-16(27-19-8-3-2-4-9-19)21(26)23-11-10-20(25)24(13-12-23)15-17-6-5-7-18(22)14-17/h2-9,14,16H,10-13,15H2,1H3. The zero-order chi connectivity index (χ0) is 19.2. The van der Waals surface area contributed by atoms with Crippen LogP contribution in [0.5, 0.6) is 5.75 Å². The molecule has 1 saturated heterocycles. The van der Waals surface area contributed by atoms with Crippen LogP contribution in [0.4, 0.5) is 4.39 Å². The van der Waals surface area contributed by atoms with Crippen LogP contribution >= 0.6 is 0 Å². The second kappa shape index (κ2) is 8.66. The molecule has 0 N–H and O–H groups in total. The molecule has 5 nitrogen and oxygen atoms in total. The summed E-state index contributed by atoms with van der Waals surface area (Å²) in [5.74, 6) is 0.140. The molecule has 1 fully saturated rings. The van der Waals surface area contributed by atoms with E-state index in [9.17, 15) is 14.0 Å². The van der Waals surface area contributed by atoms with E-state index in [2.05, 4.69) is 0 Å². The number of para-hydroxylation sites is 1. The van der Waals surface area contributed by atoms with Gasteiger partial charge in [0.15, 0.2) is 6.10 Å². The predicted octanol–water partition coefficient (Wildman–Crippen LogP) is 2.85. The smallest absolute Gasteiger partial charge is 0.263 e. The van der Waals surface area contributed by atoms with Crippen molar-refractivity contribution in [3.63, 3.8) is 0 Å². The molecule has 0 bridgehead atoms. The molecule has 0 aromatic heterocycles. The van der Waals surface area contributed by atoms with Gasteiger partial charge in [0, 0.05) is 32.6 Å². The van der Waals surface area contributed by atoms with Crippen molar-refractivity contribution < 1.29 is 18.7 Å². The summed E-state index contributed by atoms with van der Waals surface area (Å²) < 4.78 is 19.1. The second-order valence-corrected chi connectivity index (χ2v) is 6.59. The quantitative estimate of drug-likeness (QED) is 0.813. The van der Waals surface area contributed by atoms with Crippen LogP contribution in [-0.4, -0.2) is 47.4 Å². The molecule has 0 radical (unpaired) electrons. The van der Waals surface area contributed by atoms with Gasteiger partial charge in [0.2, 0.25) is 5.91 Å². The second-order valence-electron chi connectivity index (χ2n) is 6.59. The Bertz CT molecular complexity index is 797. The maximum atomic E-state index is 13.4. The number of rotatable bonds is 5. The number of hydrogen-bond donors (Lipinski definition) is 0. The largest absolute Gasteiger partial charge is 0.481 e. The van der Waals surface area contributed by atoms with Gasteiger partial charge in [0.05, 0.1) is 0 Å². The zero-order valence-corrected chi connectivity index (χ0v) is 15.3. The molecule has 2 aromatic rings. The summed E-state index contributed by atoms with van der Waals surface area (Å²) in [6.07, 6.45) is -0.378. The Balaban J connectivity index is 1.59. The van der Waals surface area contributed by atoms with Gasteiger partial charge in [0.25, 0.3) is 5.91 Å². The van der Waals surface area contributed by atoms with Crippen LogP contribution in [-0.2, 0) is 16.1 Å². The lowest BCUT2D eigenvalue weighted by Gasteiger charge is -2.25. The molecule has 1 atom stereocenters. The summed E-state index contributed by atoms with van der Waals surface area (Å²) in [4.78, 5) is 28.4. The Morgan fingerprint density at radius 2 is 1.89 bits per heavy atom. The highest BCUT2D eigenvalue weighted by Gasteiger charge is 2.27. The summed E-state index contributed by atoms with van der Waals surface area (Å²) in [6, 6.07) is 15.4. The average Bonchev–Trinajstić information content (AvgIpc) is 2.84. The van der Waals surface area contributed by atoms with E-state index in [0.717, 1.165) is 5.56 Å². The number of carbonyl (C=O) groups excluding carboxylic acids is 2. The van der Waals surface area contributed by atoms with Crippen molar-refractivity contribution in [2.24, 2.45) is 0 Å². The zero-order valence-electron chi connectivity index (χ0n) is 15.3. The van der Waals surface area contributed by atoms with Crippen LogP contribution < -0.4 is 4.74 Å². The summed E-state index contributed by atoms with van der Waals surface area (Å²) >= 11 is 0. The lowest BCUT2D eigenvalue weighted by Crippen LogP contribution is -2.42. The van der Waals surface area contributed by atoms with Crippen LogP contribution in [0.3, 0.4) is 0 Å². The molecule has 2 aromatic carbocycles. The normalized spacial score (nSPS) is 16.0. The van der Waals surface area contributed by atoms with E-state index in [0.29, 0.717) is 31.9 Å². The molecule has 3 rings (SSSR count). The fourth-order valence-corrected chi connectivity index (χ4v) is 3.12. The van der Waals surface area contributed by atoms with Crippen LogP contribution in [0.15, 0.2) is 54.6 Å². The molecular weight excluding hydrogens is 347 g/mol. The number of halogens is 1. The van der Waals surface area contributed by atoms with E-state index < -0.39 is 6.10 Å². The first-order chi connectivity index (χ1) is 13.0. The Morgan fingerprint density at radius 1 is 1.11 bits per heavy atom. The topological polar surface area (TPSA) is 49.9 Å². The average molecular weight is 370 g/mol. The summed E-state index contributed by atoms with van der Waals surface area (Å²) in [7, 11) is 0. The highest BCUT2D eigenvalue weighted by Crippen LogP contribution is 2.15. The van der Waals surface area contributed by atoms with Crippen LogP contribution in [0.2, 0.25) is 0 Å². The van der Waals surface area contributed by atoms with Crippen molar-refractivity contribution in [2.45, 2.75) is 26.0 Å². The summed E-state index contributed by atoms with van der Waals surface area (Å²) in [5.41, 5.74) is 0.740. The van der Waals surface area contributed by atoms with Crippen molar-refractivity contribution >= 4 is 11.8 Å². The minimum atomic E-state index is -0.628.